The van der Waals surface area contributed by atoms with E-state index in [4.69, 9.17) is 0 Å². The number of Topliss-reactive ketones (excluding diaryl/α,β-unsaturated/α-hetero) is 2. The normalized spacial score (nSPS) is 11.3. The Bertz CT molecular complexity index is 433. The SMILES string of the molecule is CCCC(=O)CC(=O)c1ccc(C(F)(F)F)cc1. The molecule has 5 heteroatoms. The summed E-state index contributed by atoms with van der Waals surface area (Å²) in [5.41, 5.74) is -0.675. The van der Waals surface area contributed by atoms with Crippen LogP contribution in [-0.4, -0.2) is 11.6 Å². The van der Waals surface area contributed by atoms with Crippen LogP contribution < -0.4 is 0 Å². The van der Waals surface area contributed by atoms with Crippen molar-refractivity contribution in [1.29, 1.82) is 0 Å². The van der Waals surface area contributed by atoms with Gasteiger partial charge in [-0.2, -0.15) is 13.2 Å². The van der Waals surface area contributed by atoms with Crippen molar-refractivity contribution >= 4 is 11.6 Å². The Hall–Kier alpha value is -1.65. The molecule has 0 bridgehead atoms. The lowest BCUT2D eigenvalue weighted by atomic mass is 10.0. The highest BCUT2D eigenvalue weighted by Gasteiger charge is 2.30. The molecule has 0 spiro atoms. The minimum absolute atomic E-state index is 0.132. The summed E-state index contributed by atoms with van der Waals surface area (Å²) in [5.74, 6) is -0.635. The van der Waals surface area contributed by atoms with Crippen molar-refractivity contribution in [2.75, 3.05) is 0 Å². The van der Waals surface area contributed by atoms with E-state index in [1.165, 1.54) is 0 Å². The molecule has 0 aliphatic heterocycles. The average Bonchev–Trinajstić information content (AvgIpc) is 2.28. The van der Waals surface area contributed by atoms with E-state index in [0.29, 0.717) is 12.8 Å². The van der Waals surface area contributed by atoms with Crippen molar-refractivity contribution in [1.82, 2.24) is 0 Å². The summed E-state index contributed by atoms with van der Waals surface area (Å²) in [6.45, 7) is 1.82. The fraction of sp³-hybridized carbons (Fsp3) is 0.385. The van der Waals surface area contributed by atoms with Gasteiger partial charge in [-0.05, 0) is 18.6 Å². The predicted octanol–water partition coefficient (Wildman–Crippen LogP) is 3.65. The standard InChI is InChI=1S/C13H13F3O2/c1-2-3-11(17)8-12(18)9-4-6-10(7-5-9)13(14,15)16/h4-7H,2-3,8H2,1H3. The molecule has 0 amide bonds. The van der Waals surface area contributed by atoms with Gasteiger partial charge in [0.25, 0.3) is 0 Å². The zero-order chi connectivity index (χ0) is 13.8. The van der Waals surface area contributed by atoms with Crippen LogP contribution in [0.25, 0.3) is 0 Å². The van der Waals surface area contributed by atoms with Crippen LogP contribution >= 0.6 is 0 Å². The van der Waals surface area contributed by atoms with E-state index < -0.39 is 17.5 Å². The quantitative estimate of drug-likeness (QED) is 0.596. The van der Waals surface area contributed by atoms with Crippen LogP contribution in [0.1, 0.15) is 42.1 Å². The molecule has 0 aliphatic rings. The molecule has 1 aromatic rings. The fourth-order valence-electron chi connectivity index (χ4n) is 1.49. The van der Waals surface area contributed by atoms with E-state index in [2.05, 4.69) is 0 Å². The molecular weight excluding hydrogens is 245 g/mol. The van der Waals surface area contributed by atoms with Crippen LogP contribution in [0, 0.1) is 0 Å². The number of carbonyl (C=O) groups excluding carboxylic acids is 2. The summed E-state index contributed by atoms with van der Waals surface area (Å²) in [7, 11) is 0. The molecule has 18 heavy (non-hydrogen) atoms. The van der Waals surface area contributed by atoms with Gasteiger partial charge in [-0.1, -0.05) is 19.1 Å². The topological polar surface area (TPSA) is 34.1 Å². The Morgan fingerprint density at radius 3 is 2.11 bits per heavy atom. The van der Waals surface area contributed by atoms with Crippen molar-refractivity contribution in [3.05, 3.63) is 35.4 Å². The highest BCUT2D eigenvalue weighted by atomic mass is 19.4. The molecule has 0 saturated carbocycles. The molecule has 0 N–H and O–H groups in total. The minimum Gasteiger partial charge on any atom is -0.299 e. The number of benzene rings is 1. The van der Waals surface area contributed by atoms with Gasteiger partial charge in [0.1, 0.15) is 5.78 Å². The van der Waals surface area contributed by atoms with Crippen LogP contribution in [-0.2, 0) is 11.0 Å². The summed E-state index contributed by atoms with van der Waals surface area (Å²) in [6.07, 6.45) is -3.70. The van der Waals surface area contributed by atoms with Gasteiger partial charge < -0.3 is 0 Å². The number of rotatable bonds is 5. The van der Waals surface area contributed by atoms with Crippen molar-refractivity contribution in [3.63, 3.8) is 0 Å². The van der Waals surface area contributed by atoms with Gasteiger partial charge in [0, 0.05) is 12.0 Å². The fourth-order valence-corrected chi connectivity index (χ4v) is 1.49. The first-order valence-electron chi connectivity index (χ1n) is 5.56. The van der Waals surface area contributed by atoms with Gasteiger partial charge in [-0.25, -0.2) is 0 Å². The first-order chi connectivity index (χ1) is 8.34. The number of hydrogen-bond donors (Lipinski definition) is 0. The Balaban J connectivity index is 2.74. The monoisotopic (exact) mass is 258 g/mol. The highest BCUT2D eigenvalue weighted by molar-refractivity contribution is 6.07. The van der Waals surface area contributed by atoms with Crippen LogP contribution in [0.15, 0.2) is 24.3 Å². The molecule has 0 saturated heterocycles. The van der Waals surface area contributed by atoms with Gasteiger partial charge in [-0.15, -0.1) is 0 Å². The smallest absolute Gasteiger partial charge is 0.299 e. The summed E-state index contributed by atoms with van der Waals surface area (Å²) in [5, 5.41) is 0. The summed E-state index contributed by atoms with van der Waals surface area (Å²) in [4.78, 5) is 22.8. The van der Waals surface area contributed by atoms with E-state index in [-0.39, 0.29) is 17.8 Å². The van der Waals surface area contributed by atoms with Crippen molar-refractivity contribution in [2.24, 2.45) is 0 Å². The molecule has 0 fully saturated rings. The lowest BCUT2D eigenvalue weighted by Crippen LogP contribution is -2.09. The van der Waals surface area contributed by atoms with Gasteiger partial charge in [0.2, 0.25) is 0 Å². The van der Waals surface area contributed by atoms with Gasteiger partial charge in [0.15, 0.2) is 5.78 Å². The van der Waals surface area contributed by atoms with Crippen LogP contribution in [0.4, 0.5) is 13.2 Å². The molecule has 1 aromatic carbocycles. The first kappa shape index (κ1) is 14.4. The number of hydrogen-bond acceptors (Lipinski definition) is 2. The van der Waals surface area contributed by atoms with Crippen molar-refractivity contribution in [2.45, 2.75) is 32.4 Å². The minimum atomic E-state index is -4.42. The largest absolute Gasteiger partial charge is 0.416 e. The Morgan fingerprint density at radius 2 is 1.67 bits per heavy atom. The maximum atomic E-state index is 12.3. The molecule has 2 nitrogen and oxygen atoms in total. The van der Waals surface area contributed by atoms with Gasteiger partial charge >= 0.3 is 6.18 Å². The van der Waals surface area contributed by atoms with Crippen LogP contribution in [0.5, 0.6) is 0 Å². The summed E-state index contributed by atoms with van der Waals surface area (Å²) < 4.78 is 36.9. The second-order valence-corrected chi connectivity index (χ2v) is 3.96. The van der Waals surface area contributed by atoms with E-state index in [1.807, 2.05) is 6.92 Å². The second kappa shape index (κ2) is 5.80. The summed E-state index contributed by atoms with van der Waals surface area (Å²) >= 11 is 0. The average molecular weight is 258 g/mol. The molecule has 0 atom stereocenters. The lowest BCUT2D eigenvalue weighted by molar-refractivity contribution is -0.137. The maximum absolute atomic E-state index is 12.3. The first-order valence-corrected chi connectivity index (χ1v) is 5.56. The number of halogens is 3. The lowest BCUT2D eigenvalue weighted by Gasteiger charge is -2.07. The van der Waals surface area contributed by atoms with Crippen molar-refractivity contribution in [3.8, 4) is 0 Å². The van der Waals surface area contributed by atoms with Crippen LogP contribution in [0.2, 0.25) is 0 Å². The summed E-state index contributed by atoms with van der Waals surface area (Å²) in [6, 6.07) is 3.89. The number of alkyl halides is 3. The highest BCUT2D eigenvalue weighted by Crippen LogP contribution is 2.29. The van der Waals surface area contributed by atoms with E-state index >= 15 is 0 Å². The number of ketones is 2. The third kappa shape index (κ3) is 3.98. The molecule has 0 aromatic heterocycles. The zero-order valence-electron chi connectivity index (χ0n) is 9.88. The third-order valence-electron chi connectivity index (χ3n) is 2.42. The molecule has 0 heterocycles. The second-order valence-electron chi connectivity index (χ2n) is 3.96. The van der Waals surface area contributed by atoms with E-state index in [9.17, 15) is 22.8 Å². The molecule has 0 aliphatic carbocycles. The number of carbonyl (C=O) groups is 2. The molecular formula is C13H13F3O2. The van der Waals surface area contributed by atoms with Crippen molar-refractivity contribution < 1.29 is 22.8 Å². The van der Waals surface area contributed by atoms with Crippen LogP contribution in [0.3, 0.4) is 0 Å². The van der Waals surface area contributed by atoms with Gasteiger partial charge in [-0.3, -0.25) is 9.59 Å². The van der Waals surface area contributed by atoms with Gasteiger partial charge in [0.05, 0.1) is 12.0 Å². The molecule has 1 rings (SSSR count). The molecule has 0 unspecified atom stereocenters. The van der Waals surface area contributed by atoms with E-state index in [0.717, 1.165) is 24.3 Å². The van der Waals surface area contributed by atoms with E-state index in [1.54, 1.807) is 0 Å². The maximum Gasteiger partial charge on any atom is 0.416 e. The molecule has 0 radical (unpaired) electrons. The Morgan fingerprint density at radius 1 is 1.11 bits per heavy atom. The Kier molecular flexibility index (Phi) is 4.64. The zero-order valence-corrected chi connectivity index (χ0v) is 9.88. The Labute approximate surface area is 103 Å². The third-order valence-corrected chi connectivity index (χ3v) is 2.42. The molecule has 98 valence electrons. The predicted molar refractivity (Wildman–Crippen MR) is 60.3 cm³/mol.